The smallest absolute Gasteiger partial charge is 0.311 e. The van der Waals surface area contributed by atoms with E-state index in [2.05, 4.69) is 0 Å². The maximum absolute atomic E-state index is 12.5. The maximum atomic E-state index is 12.5. The van der Waals surface area contributed by atoms with Crippen molar-refractivity contribution >= 4 is 23.5 Å². The Morgan fingerprint density at radius 3 is 1.00 bits per heavy atom. The Bertz CT molecular complexity index is 1380. The Balaban J connectivity index is 0.999. The van der Waals surface area contributed by atoms with Gasteiger partial charge in [-0.3, -0.25) is 19.2 Å². The van der Waals surface area contributed by atoms with E-state index < -0.39 is 0 Å². The molecule has 226 valence electrons. The molecule has 0 unspecified atom stereocenters. The molecule has 0 aliphatic heterocycles. The van der Waals surface area contributed by atoms with Crippen LogP contribution in [0.25, 0.3) is 0 Å². The molecule has 0 amide bonds. The average Bonchev–Trinajstić information content (AvgIpc) is 3.06. The highest BCUT2D eigenvalue weighted by molar-refractivity contribution is 6.09. The number of unbranched alkanes of at least 4 members (excludes halogenated alkanes) is 7. The highest BCUT2D eigenvalue weighted by atomic mass is 16.5. The van der Waals surface area contributed by atoms with Gasteiger partial charge in [-0.2, -0.15) is 0 Å². The molecule has 6 heteroatoms. The molecular weight excluding hydrogens is 552 g/mol. The van der Waals surface area contributed by atoms with E-state index in [-0.39, 0.29) is 23.5 Å². The number of carbonyl (C=O) groups excluding carboxylic acids is 4. The lowest BCUT2D eigenvalue weighted by Crippen LogP contribution is -2.08. The first-order valence-electron chi connectivity index (χ1n) is 15.3. The summed E-state index contributed by atoms with van der Waals surface area (Å²) in [7, 11) is 0. The van der Waals surface area contributed by atoms with Gasteiger partial charge in [-0.25, -0.2) is 0 Å². The van der Waals surface area contributed by atoms with Crippen molar-refractivity contribution in [2.45, 2.75) is 64.2 Å². The third kappa shape index (κ3) is 10.5. The monoisotopic (exact) mass is 590 g/mol. The molecule has 4 aromatic rings. The number of carbonyl (C=O) groups is 4. The largest absolute Gasteiger partial charge is 0.427 e. The fourth-order valence-corrected chi connectivity index (χ4v) is 4.83. The number of hydrogen-bond donors (Lipinski definition) is 0. The Morgan fingerprint density at radius 1 is 0.364 bits per heavy atom. The molecule has 0 atom stereocenters. The van der Waals surface area contributed by atoms with Crippen molar-refractivity contribution in [2.75, 3.05) is 0 Å². The van der Waals surface area contributed by atoms with Gasteiger partial charge in [-0.05, 0) is 61.4 Å². The van der Waals surface area contributed by atoms with E-state index >= 15 is 0 Å². The van der Waals surface area contributed by atoms with Crippen molar-refractivity contribution in [1.82, 2.24) is 0 Å². The standard InChI is InChI=1S/C38H38O6/c39-35(43-33-25-21-31(22-26-33)37(41)29-15-9-7-10-16-29)19-13-5-3-1-2-4-6-14-20-36(40)44-34-27-23-32(24-28-34)38(42)30-17-11-8-12-18-30/h7-12,15-18,21-28H,1-6,13-14,19-20H2. The second-order valence-corrected chi connectivity index (χ2v) is 10.7. The molecule has 0 aliphatic carbocycles. The van der Waals surface area contributed by atoms with E-state index in [0.717, 1.165) is 51.4 Å². The quantitative estimate of drug-likeness (QED) is 0.0530. The van der Waals surface area contributed by atoms with Gasteiger partial charge in [-0.15, -0.1) is 0 Å². The fraction of sp³-hybridized carbons (Fsp3) is 0.263. The number of hydrogen-bond acceptors (Lipinski definition) is 6. The summed E-state index contributed by atoms with van der Waals surface area (Å²) in [5, 5.41) is 0. The van der Waals surface area contributed by atoms with Crippen LogP contribution in [0.4, 0.5) is 0 Å². The van der Waals surface area contributed by atoms with Crippen LogP contribution in [0.2, 0.25) is 0 Å². The summed E-state index contributed by atoms with van der Waals surface area (Å²) in [6.45, 7) is 0. The average molecular weight is 591 g/mol. The molecular formula is C38H38O6. The second-order valence-electron chi connectivity index (χ2n) is 10.7. The van der Waals surface area contributed by atoms with E-state index in [4.69, 9.17) is 9.47 Å². The van der Waals surface area contributed by atoms with Crippen molar-refractivity contribution in [2.24, 2.45) is 0 Å². The summed E-state index contributed by atoms with van der Waals surface area (Å²) in [5.74, 6) is 0.214. The van der Waals surface area contributed by atoms with E-state index in [1.807, 2.05) is 36.4 Å². The zero-order valence-corrected chi connectivity index (χ0v) is 24.9. The minimum Gasteiger partial charge on any atom is -0.427 e. The topological polar surface area (TPSA) is 86.7 Å². The molecule has 6 nitrogen and oxygen atoms in total. The highest BCUT2D eigenvalue weighted by Crippen LogP contribution is 2.19. The first kappa shape index (κ1) is 32.1. The van der Waals surface area contributed by atoms with E-state index in [1.54, 1.807) is 72.8 Å². The molecule has 4 rings (SSSR count). The van der Waals surface area contributed by atoms with Gasteiger partial charge in [-0.1, -0.05) is 99.2 Å². The van der Waals surface area contributed by atoms with Gasteiger partial charge < -0.3 is 9.47 Å². The second kappa shape index (κ2) is 17.3. The zero-order valence-electron chi connectivity index (χ0n) is 24.9. The van der Waals surface area contributed by atoms with E-state index in [9.17, 15) is 19.2 Å². The van der Waals surface area contributed by atoms with Crippen LogP contribution in [0.1, 0.15) is 96.1 Å². The predicted octanol–water partition coefficient (Wildman–Crippen LogP) is 8.56. The minimum absolute atomic E-state index is 0.0667. The van der Waals surface area contributed by atoms with Crippen LogP contribution in [0, 0.1) is 0 Å². The van der Waals surface area contributed by atoms with E-state index in [1.165, 1.54) is 0 Å². The number of ketones is 2. The molecule has 0 radical (unpaired) electrons. The van der Waals surface area contributed by atoms with Crippen molar-refractivity contribution in [3.05, 3.63) is 131 Å². The van der Waals surface area contributed by atoms with Crippen LogP contribution in [0.5, 0.6) is 11.5 Å². The van der Waals surface area contributed by atoms with Crippen molar-refractivity contribution in [3.63, 3.8) is 0 Å². The molecule has 44 heavy (non-hydrogen) atoms. The lowest BCUT2D eigenvalue weighted by molar-refractivity contribution is -0.135. The van der Waals surface area contributed by atoms with Gasteiger partial charge in [0, 0.05) is 35.1 Å². The van der Waals surface area contributed by atoms with Crippen molar-refractivity contribution in [3.8, 4) is 11.5 Å². The minimum atomic E-state index is -0.268. The highest BCUT2D eigenvalue weighted by Gasteiger charge is 2.11. The van der Waals surface area contributed by atoms with Gasteiger partial charge in [0.05, 0.1) is 0 Å². The van der Waals surface area contributed by atoms with Gasteiger partial charge in [0.15, 0.2) is 11.6 Å². The molecule has 0 spiro atoms. The first-order valence-corrected chi connectivity index (χ1v) is 15.3. The predicted molar refractivity (Wildman–Crippen MR) is 170 cm³/mol. The van der Waals surface area contributed by atoms with Gasteiger partial charge >= 0.3 is 11.9 Å². The lowest BCUT2D eigenvalue weighted by Gasteiger charge is -2.07. The third-order valence-electron chi connectivity index (χ3n) is 7.28. The molecule has 0 bridgehead atoms. The lowest BCUT2D eigenvalue weighted by atomic mass is 10.0. The molecule has 0 saturated heterocycles. The van der Waals surface area contributed by atoms with Crippen LogP contribution in [-0.2, 0) is 9.59 Å². The molecule has 0 saturated carbocycles. The van der Waals surface area contributed by atoms with Gasteiger partial charge in [0.1, 0.15) is 11.5 Å². The summed E-state index contributed by atoms with van der Waals surface area (Å²) in [6, 6.07) is 31.5. The summed E-state index contributed by atoms with van der Waals surface area (Å²) in [5.41, 5.74) is 2.35. The van der Waals surface area contributed by atoms with Crippen LogP contribution in [-0.4, -0.2) is 23.5 Å². The van der Waals surface area contributed by atoms with Crippen LogP contribution in [0.3, 0.4) is 0 Å². The molecule has 0 N–H and O–H groups in total. The van der Waals surface area contributed by atoms with Crippen LogP contribution in [0.15, 0.2) is 109 Å². The fourth-order valence-electron chi connectivity index (χ4n) is 4.83. The zero-order chi connectivity index (χ0) is 31.0. The molecule has 0 aliphatic rings. The Kier molecular flexibility index (Phi) is 12.6. The summed E-state index contributed by atoms with van der Waals surface area (Å²) in [6.07, 6.45) is 8.46. The van der Waals surface area contributed by atoms with Crippen LogP contribution >= 0.6 is 0 Å². The molecule has 4 aromatic carbocycles. The Morgan fingerprint density at radius 2 is 0.659 bits per heavy atom. The molecule has 0 heterocycles. The summed E-state index contributed by atoms with van der Waals surface area (Å²) >= 11 is 0. The number of benzene rings is 4. The van der Waals surface area contributed by atoms with Gasteiger partial charge in [0.2, 0.25) is 0 Å². The summed E-state index contributed by atoms with van der Waals surface area (Å²) < 4.78 is 10.8. The van der Waals surface area contributed by atoms with E-state index in [0.29, 0.717) is 46.6 Å². The third-order valence-corrected chi connectivity index (χ3v) is 7.28. The summed E-state index contributed by atoms with van der Waals surface area (Å²) in [4.78, 5) is 49.4. The van der Waals surface area contributed by atoms with Crippen LogP contribution < -0.4 is 9.47 Å². The maximum Gasteiger partial charge on any atom is 0.311 e. The SMILES string of the molecule is O=C(CCCCCCCCCCC(=O)Oc1ccc(C(=O)c2ccccc2)cc1)Oc1ccc(C(=O)c2ccccc2)cc1. The van der Waals surface area contributed by atoms with Gasteiger partial charge in [0.25, 0.3) is 0 Å². The van der Waals surface area contributed by atoms with Crippen molar-refractivity contribution < 1.29 is 28.7 Å². The number of ether oxygens (including phenoxy) is 2. The normalized spacial score (nSPS) is 10.6. The Labute approximate surface area is 259 Å². The number of esters is 2. The Hall–Kier alpha value is -4.84. The van der Waals surface area contributed by atoms with Crippen molar-refractivity contribution in [1.29, 1.82) is 0 Å². The molecule has 0 fully saturated rings. The first-order chi connectivity index (χ1) is 21.5. The molecule has 0 aromatic heterocycles. The number of rotatable bonds is 17.